The van der Waals surface area contributed by atoms with E-state index in [1.54, 1.807) is 0 Å². The van der Waals surface area contributed by atoms with Gasteiger partial charge < -0.3 is 14.8 Å². The van der Waals surface area contributed by atoms with E-state index in [-0.39, 0.29) is 0 Å². The molecule has 0 spiro atoms. The zero-order valence-corrected chi connectivity index (χ0v) is 11.5. The molecule has 1 aromatic rings. The highest BCUT2D eigenvalue weighted by Crippen LogP contribution is 2.32. The van der Waals surface area contributed by atoms with Gasteiger partial charge in [0.25, 0.3) is 0 Å². The lowest BCUT2D eigenvalue weighted by molar-refractivity contribution is 0.0282. The van der Waals surface area contributed by atoms with E-state index in [0.717, 1.165) is 44.2 Å². The molecule has 1 fully saturated rings. The minimum absolute atomic E-state index is 0.382. The molecule has 104 valence electrons. The second kappa shape index (κ2) is 5.80. The number of nitrogens with one attached hydrogen (secondary N) is 1. The van der Waals surface area contributed by atoms with Crippen LogP contribution in [0.5, 0.6) is 5.75 Å². The van der Waals surface area contributed by atoms with Crippen LogP contribution in [0.1, 0.15) is 18.4 Å². The first-order valence-electron chi connectivity index (χ1n) is 7.10. The summed E-state index contributed by atoms with van der Waals surface area (Å²) in [5.41, 5.74) is 2.41. The third-order valence-electron chi connectivity index (χ3n) is 3.95. The Morgan fingerprint density at radius 2 is 2.42 bits per heavy atom. The third-order valence-corrected chi connectivity index (χ3v) is 3.95. The molecule has 1 aromatic carbocycles. The lowest BCUT2D eigenvalue weighted by Gasteiger charge is -2.32. The van der Waals surface area contributed by atoms with Crippen molar-refractivity contribution in [2.45, 2.75) is 25.5 Å². The first-order valence-corrected chi connectivity index (χ1v) is 7.10. The van der Waals surface area contributed by atoms with Crippen LogP contribution in [0.3, 0.4) is 0 Å². The summed E-state index contributed by atoms with van der Waals surface area (Å²) in [6.07, 6.45) is 2.78. The lowest BCUT2D eigenvalue weighted by atomic mass is 10.1. The molecule has 1 N–H and O–H groups in total. The van der Waals surface area contributed by atoms with Gasteiger partial charge in [-0.25, -0.2) is 0 Å². The summed E-state index contributed by atoms with van der Waals surface area (Å²) >= 11 is 0. The number of hydrogen-bond donors (Lipinski definition) is 1. The largest absolute Gasteiger partial charge is 0.489 e. The molecule has 3 rings (SSSR count). The number of para-hydroxylation sites is 1. The van der Waals surface area contributed by atoms with Crippen molar-refractivity contribution < 1.29 is 9.47 Å². The van der Waals surface area contributed by atoms with E-state index in [2.05, 4.69) is 28.4 Å². The number of piperidine rings is 1. The predicted octanol–water partition coefficient (Wildman–Crippen LogP) is 2.10. The second-order valence-corrected chi connectivity index (χ2v) is 5.30. The van der Waals surface area contributed by atoms with Crippen molar-refractivity contribution in [3.8, 4) is 5.75 Å². The maximum absolute atomic E-state index is 5.83. The summed E-state index contributed by atoms with van der Waals surface area (Å²) in [5.74, 6) is 1.04. The van der Waals surface area contributed by atoms with Gasteiger partial charge in [0.05, 0.1) is 11.8 Å². The summed E-state index contributed by atoms with van der Waals surface area (Å²) in [4.78, 5) is 2.46. The summed E-state index contributed by atoms with van der Waals surface area (Å²) in [5, 5.41) is 3.39. The highest BCUT2D eigenvalue weighted by molar-refractivity contribution is 5.61. The van der Waals surface area contributed by atoms with Crippen molar-refractivity contribution in [1.82, 2.24) is 4.90 Å². The fraction of sp³-hybridized carbons (Fsp3) is 0.600. The number of methoxy groups -OCH3 is 1. The summed E-state index contributed by atoms with van der Waals surface area (Å²) < 4.78 is 11.3. The Morgan fingerprint density at radius 3 is 3.32 bits per heavy atom. The number of fused-ring (bicyclic) bond motifs is 1. The van der Waals surface area contributed by atoms with Gasteiger partial charge in [-0.3, -0.25) is 4.90 Å². The molecule has 1 saturated heterocycles. The maximum Gasteiger partial charge on any atom is 0.146 e. The van der Waals surface area contributed by atoms with Gasteiger partial charge >= 0.3 is 0 Å². The fourth-order valence-corrected chi connectivity index (χ4v) is 2.95. The van der Waals surface area contributed by atoms with Crippen LogP contribution in [-0.4, -0.2) is 44.4 Å². The number of benzene rings is 1. The van der Waals surface area contributed by atoms with Gasteiger partial charge in [0, 0.05) is 32.3 Å². The van der Waals surface area contributed by atoms with E-state index in [4.69, 9.17) is 9.47 Å². The van der Waals surface area contributed by atoms with Crippen molar-refractivity contribution in [2.24, 2.45) is 0 Å². The number of rotatable bonds is 3. The lowest BCUT2D eigenvalue weighted by Crippen LogP contribution is -2.38. The average molecular weight is 262 g/mol. The van der Waals surface area contributed by atoms with E-state index < -0.39 is 0 Å². The molecule has 0 amide bonds. The van der Waals surface area contributed by atoms with E-state index in [0.29, 0.717) is 6.10 Å². The number of hydrogen-bond acceptors (Lipinski definition) is 4. The number of ether oxygens (including phenoxy) is 2. The van der Waals surface area contributed by atoms with Gasteiger partial charge in [-0.15, -0.1) is 0 Å². The molecule has 2 heterocycles. The molecule has 1 atom stereocenters. The van der Waals surface area contributed by atoms with Crippen LogP contribution in [0.25, 0.3) is 0 Å². The van der Waals surface area contributed by atoms with Gasteiger partial charge in [-0.2, -0.15) is 0 Å². The highest BCUT2D eigenvalue weighted by atomic mass is 16.5. The van der Waals surface area contributed by atoms with Crippen LogP contribution in [0.2, 0.25) is 0 Å². The maximum atomic E-state index is 5.83. The SMILES string of the molecule is COC1CCCN(Cc2cccc3c2OCCN3)C1. The van der Waals surface area contributed by atoms with Gasteiger partial charge in [0.2, 0.25) is 0 Å². The molecule has 0 radical (unpaired) electrons. The van der Waals surface area contributed by atoms with E-state index in [9.17, 15) is 0 Å². The zero-order valence-electron chi connectivity index (χ0n) is 11.5. The van der Waals surface area contributed by atoms with Gasteiger partial charge in [0.15, 0.2) is 0 Å². The highest BCUT2D eigenvalue weighted by Gasteiger charge is 2.21. The Hall–Kier alpha value is -1.26. The van der Waals surface area contributed by atoms with Crippen molar-refractivity contribution in [3.05, 3.63) is 23.8 Å². The quantitative estimate of drug-likeness (QED) is 0.904. The van der Waals surface area contributed by atoms with Crippen molar-refractivity contribution in [3.63, 3.8) is 0 Å². The van der Waals surface area contributed by atoms with Crippen molar-refractivity contribution in [1.29, 1.82) is 0 Å². The van der Waals surface area contributed by atoms with Crippen LogP contribution in [0.4, 0.5) is 5.69 Å². The molecule has 0 saturated carbocycles. The average Bonchev–Trinajstić information content (AvgIpc) is 2.48. The summed E-state index contributed by atoms with van der Waals surface area (Å²) in [6.45, 7) is 4.77. The molecule has 2 aliphatic heterocycles. The second-order valence-electron chi connectivity index (χ2n) is 5.30. The monoisotopic (exact) mass is 262 g/mol. The molecule has 4 heteroatoms. The summed E-state index contributed by atoms with van der Waals surface area (Å²) in [6, 6.07) is 6.36. The molecular weight excluding hydrogens is 240 g/mol. The van der Waals surface area contributed by atoms with E-state index in [1.165, 1.54) is 18.4 Å². The number of likely N-dealkylation sites (tertiary alicyclic amines) is 1. The molecule has 2 aliphatic rings. The molecular formula is C15H22N2O2. The van der Waals surface area contributed by atoms with Crippen LogP contribution < -0.4 is 10.1 Å². The van der Waals surface area contributed by atoms with Crippen molar-refractivity contribution in [2.75, 3.05) is 38.7 Å². The third kappa shape index (κ3) is 2.85. The Bertz CT molecular complexity index is 436. The molecule has 0 bridgehead atoms. The minimum Gasteiger partial charge on any atom is -0.489 e. The Kier molecular flexibility index (Phi) is 3.89. The Labute approximate surface area is 114 Å². The van der Waals surface area contributed by atoms with Crippen LogP contribution in [-0.2, 0) is 11.3 Å². The van der Waals surface area contributed by atoms with Crippen LogP contribution in [0, 0.1) is 0 Å². The normalized spacial score (nSPS) is 23.3. The number of anilines is 1. The van der Waals surface area contributed by atoms with Crippen LogP contribution >= 0.6 is 0 Å². The number of nitrogens with zero attached hydrogens (tertiary/aromatic N) is 1. The zero-order chi connectivity index (χ0) is 13.1. The van der Waals surface area contributed by atoms with Gasteiger partial charge in [-0.05, 0) is 25.5 Å². The molecule has 0 aliphatic carbocycles. The topological polar surface area (TPSA) is 33.7 Å². The molecule has 19 heavy (non-hydrogen) atoms. The van der Waals surface area contributed by atoms with E-state index >= 15 is 0 Å². The smallest absolute Gasteiger partial charge is 0.146 e. The predicted molar refractivity (Wildman–Crippen MR) is 75.7 cm³/mol. The summed E-state index contributed by atoms with van der Waals surface area (Å²) in [7, 11) is 1.81. The molecule has 4 nitrogen and oxygen atoms in total. The standard InChI is InChI=1S/C15H22N2O2/c1-18-13-5-3-8-17(11-13)10-12-4-2-6-14-15(12)19-9-7-16-14/h2,4,6,13,16H,3,5,7-11H2,1H3. The Morgan fingerprint density at radius 1 is 1.47 bits per heavy atom. The van der Waals surface area contributed by atoms with Gasteiger partial charge in [-0.1, -0.05) is 12.1 Å². The minimum atomic E-state index is 0.382. The molecule has 1 unspecified atom stereocenters. The van der Waals surface area contributed by atoms with Crippen LogP contribution in [0.15, 0.2) is 18.2 Å². The van der Waals surface area contributed by atoms with E-state index in [1.807, 2.05) is 7.11 Å². The first-order chi connectivity index (χ1) is 9.36. The molecule has 0 aromatic heterocycles. The fourth-order valence-electron chi connectivity index (χ4n) is 2.95. The first kappa shape index (κ1) is 12.8. The van der Waals surface area contributed by atoms with Gasteiger partial charge in [0.1, 0.15) is 12.4 Å². The Balaban J connectivity index is 1.72. The van der Waals surface area contributed by atoms with Crippen molar-refractivity contribution >= 4 is 5.69 Å².